The van der Waals surface area contributed by atoms with Gasteiger partial charge < -0.3 is 9.73 Å². The maximum Gasteiger partial charge on any atom is 0.257 e. The summed E-state index contributed by atoms with van der Waals surface area (Å²) in [5, 5.41) is 5.90. The number of hydrogen-bond donors (Lipinski definition) is 2. The molecule has 0 radical (unpaired) electrons. The van der Waals surface area contributed by atoms with Gasteiger partial charge >= 0.3 is 0 Å². The first-order valence-corrected chi connectivity index (χ1v) is 10.0. The van der Waals surface area contributed by atoms with Crippen molar-refractivity contribution in [1.82, 2.24) is 10.3 Å². The zero-order chi connectivity index (χ0) is 20.4. The van der Waals surface area contributed by atoms with E-state index in [-0.39, 0.29) is 11.0 Å². The normalized spacial score (nSPS) is 10.7. The molecule has 4 rings (SSSR count). The molecule has 1 aromatic heterocycles. The summed E-state index contributed by atoms with van der Waals surface area (Å²) in [6.45, 7) is 2.02. The topological polar surface area (TPSA) is 67.2 Å². The van der Waals surface area contributed by atoms with E-state index in [1.54, 1.807) is 18.2 Å². The summed E-state index contributed by atoms with van der Waals surface area (Å²) in [5.41, 5.74) is 4.65. The Morgan fingerprint density at radius 1 is 1.07 bits per heavy atom. The van der Waals surface area contributed by atoms with E-state index in [1.165, 1.54) is 0 Å². The van der Waals surface area contributed by atoms with Crippen LogP contribution in [0.2, 0.25) is 0 Å². The minimum absolute atomic E-state index is 0.206. The second-order valence-corrected chi connectivity index (χ2v) is 7.76. The lowest BCUT2D eigenvalue weighted by atomic mass is 10.1. The number of aryl methyl sites for hydroxylation is 1. The van der Waals surface area contributed by atoms with Gasteiger partial charge in [0, 0.05) is 21.3 Å². The van der Waals surface area contributed by atoms with Crippen molar-refractivity contribution in [2.24, 2.45) is 0 Å². The highest BCUT2D eigenvalue weighted by Gasteiger charge is 2.12. The van der Waals surface area contributed by atoms with Gasteiger partial charge in [0.25, 0.3) is 5.91 Å². The van der Waals surface area contributed by atoms with Crippen molar-refractivity contribution in [3.05, 3.63) is 82.3 Å². The van der Waals surface area contributed by atoms with Crippen molar-refractivity contribution in [3.8, 4) is 11.5 Å². The van der Waals surface area contributed by atoms with Crippen LogP contribution in [0.4, 0.5) is 5.69 Å². The van der Waals surface area contributed by atoms with E-state index in [0.717, 1.165) is 15.6 Å². The van der Waals surface area contributed by atoms with E-state index >= 15 is 0 Å². The van der Waals surface area contributed by atoms with Gasteiger partial charge in [0.2, 0.25) is 5.89 Å². The molecule has 0 saturated carbocycles. The molecular weight excluding hydrogens is 450 g/mol. The van der Waals surface area contributed by atoms with Crippen LogP contribution in [0.3, 0.4) is 0 Å². The Hall–Kier alpha value is -3.03. The van der Waals surface area contributed by atoms with Gasteiger partial charge in [-0.15, -0.1) is 0 Å². The van der Waals surface area contributed by atoms with E-state index in [2.05, 4.69) is 31.5 Å². The Kier molecular flexibility index (Phi) is 5.42. The van der Waals surface area contributed by atoms with Gasteiger partial charge in [0.1, 0.15) is 5.52 Å². The largest absolute Gasteiger partial charge is 0.436 e. The molecule has 0 aliphatic rings. The molecule has 0 aliphatic heterocycles. The van der Waals surface area contributed by atoms with Crippen LogP contribution in [0.15, 0.2) is 75.6 Å². The first kappa shape index (κ1) is 19.3. The fraction of sp³-hybridized carbons (Fsp3) is 0.0455. The van der Waals surface area contributed by atoms with Crippen LogP contribution in [0.5, 0.6) is 0 Å². The number of aromatic nitrogens is 1. The molecule has 0 fully saturated rings. The Morgan fingerprint density at radius 3 is 2.69 bits per heavy atom. The van der Waals surface area contributed by atoms with Crippen LogP contribution in [0.25, 0.3) is 22.6 Å². The lowest BCUT2D eigenvalue weighted by Gasteiger charge is -2.09. The van der Waals surface area contributed by atoms with Gasteiger partial charge in [0.05, 0.1) is 0 Å². The molecule has 7 heteroatoms. The van der Waals surface area contributed by atoms with E-state index in [4.69, 9.17) is 16.6 Å². The van der Waals surface area contributed by atoms with Crippen LogP contribution in [0.1, 0.15) is 15.9 Å². The molecule has 5 nitrogen and oxygen atoms in total. The summed E-state index contributed by atoms with van der Waals surface area (Å²) in [5.74, 6) is 0.286. The summed E-state index contributed by atoms with van der Waals surface area (Å²) >= 11 is 8.62. The quantitative estimate of drug-likeness (QED) is 0.380. The number of carbonyl (C=O) groups excluding carboxylic acids is 1. The molecule has 0 unspecified atom stereocenters. The molecule has 29 heavy (non-hydrogen) atoms. The second-order valence-electron chi connectivity index (χ2n) is 6.44. The second kappa shape index (κ2) is 8.14. The maximum atomic E-state index is 12.3. The molecule has 144 valence electrons. The number of anilines is 1. The van der Waals surface area contributed by atoms with E-state index in [0.29, 0.717) is 28.2 Å². The fourth-order valence-electron chi connectivity index (χ4n) is 2.90. The van der Waals surface area contributed by atoms with Crippen LogP contribution in [0, 0.1) is 6.92 Å². The Labute approximate surface area is 181 Å². The first-order valence-electron chi connectivity index (χ1n) is 8.84. The highest BCUT2D eigenvalue weighted by molar-refractivity contribution is 9.10. The minimum atomic E-state index is -0.284. The minimum Gasteiger partial charge on any atom is -0.436 e. The molecule has 1 heterocycles. The number of benzene rings is 3. The number of thiocarbonyl (C=S) groups is 1. The Bertz CT molecular complexity index is 1240. The van der Waals surface area contributed by atoms with Gasteiger partial charge in [-0.2, -0.15) is 0 Å². The van der Waals surface area contributed by atoms with Crippen LogP contribution in [-0.4, -0.2) is 16.0 Å². The molecule has 0 saturated heterocycles. The standard InChI is InChI=1S/C22H16BrN3O2S/c1-13-5-2-3-8-17(13)21-25-18-12-16(9-10-19(18)28-21)24-22(29)26-20(27)14-6-4-7-15(23)11-14/h2-12H,1H3,(H2,24,26,27,29). The van der Waals surface area contributed by atoms with Crippen molar-refractivity contribution >= 4 is 56.0 Å². The third kappa shape index (κ3) is 4.36. The molecule has 0 bridgehead atoms. The summed E-state index contributed by atoms with van der Waals surface area (Å²) in [7, 11) is 0. The third-order valence-electron chi connectivity index (χ3n) is 4.33. The molecule has 0 spiro atoms. The fourth-order valence-corrected chi connectivity index (χ4v) is 3.51. The van der Waals surface area contributed by atoms with Gasteiger partial charge in [-0.1, -0.05) is 40.2 Å². The van der Waals surface area contributed by atoms with Gasteiger partial charge in [-0.25, -0.2) is 4.98 Å². The number of amides is 1. The number of hydrogen-bond acceptors (Lipinski definition) is 4. The van der Waals surface area contributed by atoms with E-state index < -0.39 is 0 Å². The van der Waals surface area contributed by atoms with Gasteiger partial charge in [-0.05, 0) is 67.2 Å². The summed E-state index contributed by atoms with van der Waals surface area (Å²) in [6.07, 6.45) is 0. The van der Waals surface area contributed by atoms with E-state index in [1.807, 2.05) is 55.5 Å². The highest BCUT2D eigenvalue weighted by atomic mass is 79.9. The van der Waals surface area contributed by atoms with Crippen molar-refractivity contribution in [2.45, 2.75) is 6.92 Å². The molecule has 2 N–H and O–H groups in total. The molecule has 0 atom stereocenters. The van der Waals surface area contributed by atoms with Crippen molar-refractivity contribution in [2.75, 3.05) is 5.32 Å². The zero-order valence-corrected chi connectivity index (χ0v) is 17.8. The first-order chi connectivity index (χ1) is 14.0. The van der Waals surface area contributed by atoms with Crippen molar-refractivity contribution < 1.29 is 9.21 Å². The van der Waals surface area contributed by atoms with Gasteiger partial charge in [0.15, 0.2) is 10.7 Å². The van der Waals surface area contributed by atoms with E-state index in [9.17, 15) is 4.79 Å². The van der Waals surface area contributed by atoms with Crippen LogP contribution in [-0.2, 0) is 0 Å². The Morgan fingerprint density at radius 2 is 1.90 bits per heavy atom. The average Bonchev–Trinajstić information content (AvgIpc) is 3.11. The predicted octanol–water partition coefficient (Wildman–Crippen LogP) is 5.69. The number of rotatable bonds is 3. The monoisotopic (exact) mass is 465 g/mol. The average molecular weight is 466 g/mol. The van der Waals surface area contributed by atoms with Crippen molar-refractivity contribution in [1.29, 1.82) is 0 Å². The summed E-state index contributed by atoms with van der Waals surface area (Å²) in [4.78, 5) is 16.9. The predicted molar refractivity (Wildman–Crippen MR) is 122 cm³/mol. The number of fused-ring (bicyclic) bond motifs is 1. The summed E-state index contributed by atoms with van der Waals surface area (Å²) in [6, 6.07) is 20.5. The molecule has 1 amide bonds. The number of halogens is 1. The lowest BCUT2D eigenvalue weighted by molar-refractivity contribution is 0.0977. The van der Waals surface area contributed by atoms with Crippen LogP contribution < -0.4 is 10.6 Å². The third-order valence-corrected chi connectivity index (χ3v) is 5.03. The summed E-state index contributed by atoms with van der Waals surface area (Å²) < 4.78 is 6.71. The molecule has 0 aliphatic carbocycles. The number of nitrogens with zero attached hydrogens (tertiary/aromatic N) is 1. The number of nitrogens with one attached hydrogen (secondary N) is 2. The number of oxazole rings is 1. The van der Waals surface area contributed by atoms with Gasteiger partial charge in [-0.3, -0.25) is 10.1 Å². The SMILES string of the molecule is Cc1ccccc1-c1nc2cc(NC(=S)NC(=O)c3cccc(Br)c3)ccc2o1. The zero-order valence-electron chi connectivity index (χ0n) is 15.4. The maximum absolute atomic E-state index is 12.3. The smallest absolute Gasteiger partial charge is 0.257 e. The lowest BCUT2D eigenvalue weighted by Crippen LogP contribution is -2.34. The van der Waals surface area contributed by atoms with Crippen molar-refractivity contribution in [3.63, 3.8) is 0 Å². The Balaban J connectivity index is 1.50. The van der Waals surface area contributed by atoms with Crippen LogP contribution >= 0.6 is 28.1 Å². The number of carbonyl (C=O) groups is 1. The molecule has 3 aromatic carbocycles. The highest BCUT2D eigenvalue weighted by Crippen LogP contribution is 2.28. The molecular formula is C22H16BrN3O2S. The molecule has 4 aromatic rings.